The average Bonchev–Trinajstić information content (AvgIpc) is 3.17. The van der Waals surface area contributed by atoms with Crippen LogP contribution < -0.4 is 10.1 Å². The van der Waals surface area contributed by atoms with Crippen molar-refractivity contribution in [2.75, 3.05) is 33.3 Å². The summed E-state index contributed by atoms with van der Waals surface area (Å²) in [5, 5.41) is 3.27. The number of methoxy groups -OCH3 is 1. The molecule has 6 heteroatoms. The SMILES string of the molecule is COc1ccc(CN2CCC3(CCN(CC[C@H](NC(=O)C(C)(C)C)c4ccccc4)CC3)C2=O)cc1. The monoisotopic (exact) mass is 491 g/mol. The topological polar surface area (TPSA) is 61.9 Å². The van der Waals surface area contributed by atoms with E-state index in [-0.39, 0.29) is 17.4 Å². The Kier molecular flexibility index (Phi) is 8.04. The molecule has 2 heterocycles. The van der Waals surface area contributed by atoms with Crippen molar-refractivity contribution in [1.29, 1.82) is 0 Å². The largest absolute Gasteiger partial charge is 0.497 e. The summed E-state index contributed by atoms with van der Waals surface area (Å²) in [6.07, 6.45) is 3.63. The maximum Gasteiger partial charge on any atom is 0.229 e. The molecule has 1 spiro atoms. The number of carbonyl (C=O) groups is 2. The zero-order valence-corrected chi connectivity index (χ0v) is 22.3. The number of nitrogens with one attached hydrogen (secondary N) is 1. The normalized spacial score (nSPS) is 18.9. The Balaban J connectivity index is 1.31. The number of hydrogen-bond donors (Lipinski definition) is 1. The summed E-state index contributed by atoms with van der Waals surface area (Å²) in [7, 11) is 1.67. The summed E-state index contributed by atoms with van der Waals surface area (Å²) in [6, 6.07) is 18.2. The Labute approximate surface area is 216 Å². The summed E-state index contributed by atoms with van der Waals surface area (Å²) < 4.78 is 5.25. The smallest absolute Gasteiger partial charge is 0.229 e. The Hall–Kier alpha value is -2.86. The van der Waals surface area contributed by atoms with Gasteiger partial charge in [0.15, 0.2) is 0 Å². The van der Waals surface area contributed by atoms with Crippen molar-refractivity contribution in [3.05, 3.63) is 65.7 Å². The van der Waals surface area contributed by atoms with E-state index in [1.807, 2.05) is 68.1 Å². The Morgan fingerprint density at radius 3 is 2.25 bits per heavy atom. The van der Waals surface area contributed by atoms with Crippen molar-refractivity contribution < 1.29 is 14.3 Å². The number of likely N-dealkylation sites (tertiary alicyclic amines) is 2. The van der Waals surface area contributed by atoms with Crippen LogP contribution in [-0.4, -0.2) is 54.9 Å². The molecule has 2 fully saturated rings. The van der Waals surface area contributed by atoms with Crippen molar-refractivity contribution in [1.82, 2.24) is 15.1 Å². The maximum atomic E-state index is 13.4. The standard InChI is InChI=1S/C30H41N3O3/c1-29(2,3)27(34)31-26(24-8-6-5-7-9-24)14-18-32-19-15-30(16-20-32)17-21-33(28(30)35)22-23-10-12-25(36-4)13-11-23/h5-13,26H,14-22H2,1-4H3,(H,31,34)/t26-/m0/s1. The highest BCUT2D eigenvalue weighted by atomic mass is 16.5. The number of rotatable bonds is 8. The molecule has 0 radical (unpaired) electrons. The molecule has 6 nitrogen and oxygen atoms in total. The summed E-state index contributed by atoms with van der Waals surface area (Å²) in [5.41, 5.74) is 1.65. The van der Waals surface area contributed by atoms with Gasteiger partial charge in [0, 0.05) is 25.0 Å². The van der Waals surface area contributed by atoms with Gasteiger partial charge in [0.25, 0.3) is 0 Å². The Morgan fingerprint density at radius 2 is 1.64 bits per heavy atom. The van der Waals surface area contributed by atoms with Gasteiger partial charge in [0.1, 0.15) is 5.75 Å². The molecular weight excluding hydrogens is 450 g/mol. The van der Waals surface area contributed by atoms with Crippen LogP contribution >= 0.6 is 0 Å². The van der Waals surface area contributed by atoms with E-state index in [0.717, 1.165) is 68.7 Å². The molecule has 4 rings (SSSR count). The molecule has 2 aliphatic rings. The van der Waals surface area contributed by atoms with E-state index < -0.39 is 5.41 Å². The van der Waals surface area contributed by atoms with Crippen LogP contribution in [0.3, 0.4) is 0 Å². The summed E-state index contributed by atoms with van der Waals surface area (Å²) in [6.45, 7) is 10.1. The molecule has 0 bridgehead atoms. The zero-order valence-electron chi connectivity index (χ0n) is 22.3. The van der Waals surface area contributed by atoms with Gasteiger partial charge in [0.2, 0.25) is 11.8 Å². The third-order valence-electron chi connectivity index (χ3n) is 7.87. The van der Waals surface area contributed by atoms with Gasteiger partial charge in [-0.25, -0.2) is 0 Å². The summed E-state index contributed by atoms with van der Waals surface area (Å²) in [5.74, 6) is 1.22. The molecule has 2 aliphatic heterocycles. The second-order valence-electron chi connectivity index (χ2n) is 11.4. The minimum Gasteiger partial charge on any atom is -0.497 e. The maximum absolute atomic E-state index is 13.4. The fourth-order valence-corrected chi connectivity index (χ4v) is 5.36. The highest BCUT2D eigenvalue weighted by molar-refractivity contribution is 5.85. The lowest BCUT2D eigenvalue weighted by Gasteiger charge is -2.38. The molecule has 0 unspecified atom stereocenters. The van der Waals surface area contributed by atoms with Crippen LogP contribution in [-0.2, 0) is 16.1 Å². The van der Waals surface area contributed by atoms with Crippen LogP contribution in [0, 0.1) is 10.8 Å². The van der Waals surface area contributed by atoms with Crippen molar-refractivity contribution in [2.45, 2.75) is 59.0 Å². The van der Waals surface area contributed by atoms with Crippen molar-refractivity contribution in [3.63, 3.8) is 0 Å². The van der Waals surface area contributed by atoms with E-state index >= 15 is 0 Å². The van der Waals surface area contributed by atoms with Crippen LogP contribution in [0.4, 0.5) is 0 Å². The van der Waals surface area contributed by atoms with E-state index in [4.69, 9.17) is 4.74 Å². The van der Waals surface area contributed by atoms with Crippen LogP contribution in [0.15, 0.2) is 54.6 Å². The number of benzene rings is 2. The molecule has 1 N–H and O–H groups in total. The molecule has 0 saturated carbocycles. The van der Waals surface area contributed by atoms with Gasteiger partial charge in [-0.2, -0.15) is 0 Å². The first kappa shape index (κ1) is 26.2. The molecule has 2 aromatic rings. The van der Waals surface area contributed by atoms with Gasteiger partial charge in [0.05, 0.1) is 18.6 Å². The summed E-state index contributed by atoms with van der Waals surface area (Å²) in [4.78, 5) is 30.6. The quantitative estimate of drug-likeness (QED) is 0.576. The van der Waals surface area contributed by atoms with Gasteiger partial charge in [-0.15, -0.1) is 0 Å². The Bertz CT molecular complexity index is 1020. The minimum absolute atomic E-state index is 0.0121. The lowest BCUT2D eigenvalue weighted by molar-refractivity contribution is -0.139. The first-order valence-corrected chi connectivity index (χ1v) is 13.2. The Morgan fingerprint density at radius 1 is 1.00 bits per heavy atom. The molecule has 1 atom stereocenters. The van der Waals surface area contributed by atoms with Crippen molar-refractivity contribution in [2.24, 2.45) is 10.8 Å². The lowest BCUT2D eigenvalue weighted by Crippen LogP contribution is -2.45. The highest BCUT2D eigenvalue weighted by Gasteiger charge is 2.47. The van der Waals surface area contributed by atoms with Gasteiger partial charge in [-0.05, 0) is 62.0 Å². The number of amides is 2. The fourth-order valence-electron chi connectivity index (χ4n) is 5.36. The number of ether oxygens (including phenoxy) is 1. The van der Waals surface area contributed by atoms with Gasteiger partial charge in [-0.3, -0.25) is 9.59 Å². The van der Waals surface area contributed by atoms with Crippen LogP contribution in [0.2, 0.25) is 0 Å². The van der Waals surface area contributed by atoms with Gasteiger partial charge >= 0.3 is 0 Å². The molecule has 2 aromatic carbocycles. The van der Waals surface area contributed by atoms with Gasteiger partial charge in [-0.1, -0.05) is 63.2 Å². The number of nitrogens with zero attached hydrogens (tertiary/aromatic N) is 2. The van der Waals surface area contributed by atoms with Crippen molar-refractivity contribution >= 4 is 11.8 Å². The first-order chi connectivity index (χ1) is 17.2. The second kappa shape index (κ2) is 11.0. The fraction of sp³-hybridized carbons (Fsp3) is 0.533. The summed E-state index contributed by atoms with van der Waals surface area (Å²) >= 11 is 0. The van der Waals surface area contributed by atoms with Gasteiger partial charge < -0.3 is 19.9 Å². The van der Waals surface area contributed by atoms with E-state index in [0.29, 0.717) is 12.5 Å². The molecule has 2 amide bonds. The lowest BCUT2D eigenvalue weighted by atomic mass is 9.77. The highest BCUT2D eigenvalue weighted by Crippen LogP contribution is 2.42. The first-order valence-electron chi connectivity index (χ1n) is 13.2. The third kappa shape index (κ3) is 6.09. The van der Waals surface area contributed by atoms with E-state index in [9.17, 15) is 9.59 Å². The third-order valence-corrected chi connectivity index (χ3v) is 7.87. The van der Waals surface area contributed by atoms with Crippen LogP contribution in [0.5, 0.6) is 5.75 Å². The van der Waals surface area contributed by atoms with Crippen LogP contribution in [0.25, 0.3) is 0 Å². The predicted octanol–water partition coefficient (Wildman–Crippen LogP) is 4.80. The second-order valence-corrected chi connectivity index (χ2v) is 11.4. The molecule has 36 heavy (non-hydrogen) atoms. The molecule has 0 aromatic heterocycles. The number of piperidine rings is 1. The molecule has 2 saturated heterocycles. The van der Waals surface area contributed by atoms with Crippen LogP contribution in [0.1, 0.15) is 63.6 Å². The zero-order chi connectivity index (χ0) is 25.8. The van der Waals surface area contributed by atoms with E-state index in [2.05, 4.69) is 22.3 Å². The molecule has 194 valence electrons. The molecule has 0 aliphatic carbocycles. The van der Waals surface area contributed by atoms with Crippen molar-refractivity contribution in [3.8, 4) is 5.75 Å². The van der Waals surface area contributed by atoms with E-state index in [1.165, 1.54) is 0 Å². The predicted molar refractivity (Wildman–Crippen MR) is 143 cm³/mol. The molecular formula is C30H41N3O3. The average molecular weight is 492 g/mol. The number of carbonyl (C=O) groups excluding carboxylic acids is 2. The minimum atomic E-state index is -0.426. The number of hydrogen-bond acceptors (Lipinski definition) is 4. The van der Waals surface area contributed by atoms with E-state index in [1.54, 1.807) is 7.11 Å².